The molecule has 0 saturated carbocycles. The lowest BCUT2D eigenvalue weighted by Gasteiger charge is -2.04. The first-order valence-corrected chi connectivity index (χ1v) is 8.62. The van der Waals surface area contributed by atoms with Gasteiger partial charge in [0.15, 0.2) is 0 Å². The van der Waals surface area contributed by atoms with Crippen molar-refractivity contribution >= 4 is 51.9 Å². The molecule has 0 aliphatic carbocycles. The molecule has 0 atom stereocenters. The minimum absolute atomic E-state index is 0.123. The molecule has 2 rings (SSSR count). The lowest BCUT2D eigenvalue weighted by atomic mass is 10.1. The number of rotatable bonds is 5. The molecule has 0 fully saturated rings. The van der Waals surface area contributed by atoms with E-state index in [-0.39, 0.29) is 15.4 Å². The van der Waals surface area contributed by atoms with Crippen molar-refractivity contribution in [1.29, 1.82) is 0 Å². The van der Waals surface area contributed by atoms with E-state index in [0.29, 0.717) is 16.1 Å². The van der Waals surface area contributed by atoms with Crippen molar-refractivity contribution in [2.45, 2.75) is 6.92 Å². The van der Waals surface area contributed by atoms with E-state index in [2.05, 4.69) is 5.32 Å². The third-order valence-electron chi connectivity index (χ3n) is 3.46. The zero-order chi connectivity index (χ0) is 19.3. The Balaban J connectivity index is 2.30. The Labute approximate surface area is 159 Å². The maximum atomic E-state index is 12.2. The molecule has 1 N–H and O–H groups in total. The Kier molecular flexibility index (Phi) is 6.54. The first-order chi connectivity index (χ1) is 12.4. The highest BCUT2D eigenvalue weighted by atomic mass is 35.5. The van der Waals surface area contributed by atoms with Gasteiger partial charge in [-0.1, -0.05) is 29.8 Å². The summed E-state index contributed by atoms with van der Waals surface area (Å²) in [5.41, 5.74) is 1.19. The van der Waals surface area contributed by atoms with Gasteiger partial charge in [0.2, 0.25) is 5.91 Å². The standard InChI is InChI=1S/C18H16ClNO5S/c1-10-14(17(22)24-2)16(26-15(10)18(23)25-3)20-13(21)9-8-11-6-4-5-7-12(11)19/h4-9H,1-3H3,(H,20,21)/b9-8+. The number of carbonyl (C=O) groups is 3. The summed E-state index contributed by atoms with van der Waals surface area (Å²) >= 11 is 6.98. The monoisotopic (exact) mass is 393 g/mol. The van der Waals surface area contributed by atoms with E-state index in [1.54, 1.807) is 37.3 Å². The van der Waals surface area contributed by atoms with E-state index in [1.807, 2.05) is 0 Å². The molecule has 8 heteroatoms. The summed E-state index contributed by atoms with van der Waals surface area (Å²) in [6, 6.07) is 7.05. The van der Waals surface area contributed by atoms with Crippen molar-refractivity contribution < 1.29 is 23.9 Å². The Bertz CT molecular complexity index is 888. The molecule has 0 radical (unpaired) electrons. The molecule has 0 aliphatic heterocycles. The molecule has 0 saturated heterocycles. The van der Waals surface area contributed by atoms with E-state index in [4.69, 9.17) is 21.1 Å². The number of amides is 1. The van der Waals surface area contributed by atoms with Crippen LogP contribution in [0.3, 0.4) is 0 Å². The predicted molar refractivity (Wildman–Crippen MR) is 101 cm³/mol. The van der Waals surface area contributed by atoms with Gasteiger partial charge >= 0.3 is 11.9 Å². The number of methoxy groups -OCH3 is 2. The van der Waals surface area contributed by atoms with Crippen LogP contribution in [0.15, 0.2) is 30.3 Å². The second-order valence-corrected chi connectivity index (χ2v) is 6.52. The SMILES string of the molecule is COC(=O)c1sc(NC(=O)/C=C/c2ccccc2Cl)c(C(=O)OC)c1C. The number of anilines is 1. The third kappa shape index (κ3) is 4.30. The molecular formula is C18H16ClNO5S. The summed E-state index contributed by atoms with van der Waals surface area (Å²) in [4.78, 5) is 36.3. The second kappa shape index (κ2) is 8.64. The van der Waals surface area contributed by atoms with Crippen LogP contribution in [0, 0.1) is 6.92 Å². The molecule has 136 valence electrons. The predicted octanol–water partition coefficient (Wildman–Crippen LogP) is 3.94. The minimum atomic E-state index is -0.653. The molecule has 6 nitrogen and oxygen atoms in total. The van der Waals surface area contributed by atoms with E-state index in [0.717, 1.165) is 11.3 Å². The van der Waals surface area contributed by atoms with E-state index >= 15 is 0 Å². The van der Waals surface area contributed by atoms with Crippen molar-refractivity contribution in [3.63, 3.8) is 0 Å². The van der Waals surface area contributed by atoms with Gasteiger partial charge in [-0.05, 0) is 30.2 Å². The van der Waals surface area contributed by atoms with Gasteiger partial charge in [0.25, 0.3) is 0 Å². The summed E-state index contributed by atoms with van der Waals surface area (Å²) in [6.07, 6.45) is 2.84. The molecule has 0 bridgehead atoms. The van der Waals surface area contributed by atoms with E-state index < -0.39 is 17.8 Å². The average molecular weight is 394 g/mol. The van der Waals surface area contributed by atoms with Crippen molar-refractivity contribution in [1.82, 2.24) is 0 Å². The maximum Gasteiger partial charge on any atom is 0.348 e. The molecule has 1 aromatic heterocycles. The summed E-state index contributed by atoms with van der Waals surface area (Å²) in [6.45, 7) is 1.59. The summed E-state index contributed by atoms with van der Waals surface area (Å²) in [5, 5.41) is 3.31. The molecule has 1 amide bonds. The number of halogens is 1. The summed E-state index contributed by atoms with van der Waals surface area (Å²) in [5.74, 6) is -1.73. The summed E-state index contributed by atoms with van der Waals surface area (Å²) < 4.78 is 9.44. The Morgan fingerprint density at radius 3 is 2.38 bits per heavy atom. The molecule has 1 aromatic carbocycles. The van der Waals surface area contributed by atoms with Gasteiger partial charge in [-0.3, -0.25) is 4.79 Å². The van der Waals surface area contributed by atoms with E-state index in [1.165, 1.54) is 20.3 Å². The molecule has 0 spiro atoms. The van der Waals surface area contributed by atoms with Gasteiger partial charge < -0.3 is 14.8 Å². The maximum absolute atomic E-state index is 12.2. The van der Waals surface area contributed by atoms with Crippen molar-refractivity contribution in [3.05, 3.63) is 56.9 Å². The summed E-state index contributed by atoms with van der Waals surface area (Å²) in [7, 11) is 2.46. The Morgan fingerprint density at radius 1 is 1.12 bits per heavy atom. The van der Waals surface area contributed by atoms with Crippen LogP contribution >= 0.6 is 22.9 Å². The lowest BCUT2D eigenvalue weighted by molar-refractivity contribution is -0.111. The Hall–Kier alpha value is -2.64. The number of carbonyl (C=O) groups excluding carboxylic acids is 3. The number of esters is 2. The highest BCUT2D eigenvalue weighted by Crippen LogP contribution is 2.34. The smallest absolute Gasteiger partial charge is 0.348 e. The molecule has 0 unspecified atom stereocenters. The lowest BCUT2D eigenvalue weighted by Crippen LogP contribution is -2.11. The van der Waals surface area contributed by atoms with Crippen LogP contribution in [-0.4, -0.2) is 32.1 Å². The molecular weight excluding hydrogens is 378 g/mol. The fourth-order valence-corrected chi connectivity index (χ4v) is 3.48. The largest absolute Gasteiger partial charge is 0.465 e. The van der Waals surface area contributed by atoms with Gasteiger partial charge in [0, 0.05) is 11.1 Å². The van der Waals surface area contributed by atoms with Crippen LogP contribution in [0.2, 0.25) is 5.02 Å². The van der Waals surface area contributed by atoms with Gasteiger partial charge in [-0.15, -0.1) is 11.3 Å². The van der Waals surface area contributed by atoms with Crippen LogP contribution in [0.25, 0.3) is 6.08 Å². The molecule has 0 aliphatic rings. The quantitative estimate of drug-likeness (QED) is 0.614. The van der Waals surface area contributed by atoms with Crippen molar-refractivity contribution in [2.75, 3.05) is 19.5 Å². The number of benzene rings is 1. The van der Waals surface area contributed by atoms with Gasteiger partial charge in [0.05, 0.1) is 19.8 Å². The van der Waals surface area contributed by atoms with Gasteiger partial charge in [-0.2, -0.15) is 0 Å². The van der Waals surface area contributed by atoms with Crippen molar-refractivity contribution in [2.24, 2.45) is 0 Å². The first-order valence-electron chi connectivity index (χ1n) is 7.42. The third-order valence-corrected chi connectivity index (χ3v) is 4.99. The first kappa shape index (κ1) is 19.7. The second-order valence-electron chi connectivity index (χ2n) is 5.09. The molecule has 2 aromatic rings. The van der Waals surface area contributed by atoms with Crippen LogP contribution in [0.4, 0.5) is 5.00 Å². The zero-order valence-corrected chi connectivity index (χ0v) is 15.9. The van der Waals surface area contributed by atoms with Crippen LogP contribution in [-0.2, 0) is 14.3 Å². The van der Waals surface area contributed by atoms with Crippen molar-refractivity contribution in [3.8, 4) is 0 Å². The zero-order valence-electron chi connectivity index (χ0n) is 14.3. The normalized spacial score (nSPS) is 10.6. The highest BCUT2D eigenvalue weighted by Gasteiger charge is 2.26. The number of ether oxygens (including phenoxy) is 2. The molecule has 26 heavy (non-hydrogen) atoms. The number of hydrogen-bond donors (Lipinski definition) is 1. The van der Waals surface area contributed by atoms with Gasteiger partial charge in [-0.25, -0.2) is 9.59 Å². The number of hydrogen-bond acceptors (Lipinski definition) is 6. The fourth-order valence-electron chi connectivity index (χ4n) is 2.17. The van der Waals surface area contributed by atoms with Crippen LogP contribution in [0.1, 0.15) is 31.2 Å². The Morgan fingerprint density at radius 2 is 1.77 bits per heavy atom. The van der Waals surface area contributed by atoms with Crippen LogP contribution in [0.5, 0.6) is 0 Å². The van der Waals surface area contributed by atoms with Gasteiger partial charge in [0.1, 0.15) is 9.88 Å². The number of thiophene rings is 1. The average Bonchev–Trinajstić information content (AvgIpc) is 2.95. The van der Waals surface area contributed by atoms with E-state index in [9.17, 15) is 14.4 Å². The molecule has 1 heterocycles. The highest BCUT2D eigenvalue weighted by molar-refractivity contribution is 7.18. The number of nitrogens with one attached hydrogen (secondary N) is 1. The van der Waals surface area contributed by atoms with Crippen LogP contribution < -0.4 is 5.32 Å². The minimum Gasteiger partial charge on any atom is -0.465 e. The fraction of sp³-hybridized carbons (Fsp3) is 0.167. The topological polar surface area (TPSA) is 81.7 Å².